The van der Waals surface area contributed by atoms with E-state index >= 15 is 0 Å². The monoisotopic (exact) mass is 350 g/mol. The van der Waals surface area contributed by atoms with Gasteiger partial charge in [0.25, 0.3) is 0 Å². The highest BCUT2D eigenvalue weighted by Gasteiger charge is 2.49. The van der Waals surface area contributed by atoms with E-state index in [0.717, 1.165) is 19.3 Å². The standard InChI is InChI=1S/C21H38O2Si/c1-14(2)16-12-17-15(3)10-11-18(17)21(7,22)19(13-16)23-24(8,9)20(4,5)6/h12,14,18-19,22H,10-11,13H2,1-9H3/t18-,19-,21+/m1/s1. The minimum Gasteiger partial charge on any atom is -0.411 e. The second-order valence-corrected chi connectivity index (χ2v) is 14.8. The zero-order valence-electron chi connectivity index (χ0n) is 17.3. The summed E-state index contributed by atoms with van der Waals surface area (Å²) in [7, 11) is -1.93. The number of rotatable bonds is 3. The van der Waals surface area contributed by atoms with Gasteiger partial charge in [-0.05, 0) is 62.7 Å². The fraction of sp³-hybridized carbons (Fsp3) is 0.810. The van der Waals surface area contributed by atoms with Gasteiger partial charge < -0.3 is 9.53 Å². The van der Waals surface area contributed by atoms with Crippen LogP contribution >= 0.6 is 0 Å². The van der Waals surface area contributed by atoms with E-state index in [4.69, 9.17) is 4.43 Å². The molecule has 1 N–H and O–H groups in total. The second kappa shape index (κ2) is 6.41. The Balaban J connectivity index is 2.44. The highest BCUT2D eigenvalue weighted by atomic mass is 28.4. The van der Waals surface area contributed by atoms with Gasteiger partial charge in [0, 0.05) is 5.92 Å². The molecule has 2 aliphatic rings. The molecule has 0 aromatic carbocycles. The van der Waals surface area contributed by atoms with Gasteiger partial charge in [0.05, 0.1) is 11.7 Å². The fourth-order valence-electron chi connectivity index (χ4n) is 3.79. The molecule has 2 rings (SSSR count). The first-order valence-corrected chi connectivity index (χ1v) is 12.5. The molecule has 2 nitrogen and oxygen atoms in total. The minimum absolute atomic E-state index is 0.111. The smallest absolute Gasteiger partial charge is 0.192 e. The Kier molecular flexibility index (Phi) is 5.32. The highest BCUT2D eigenvalue weighted by Crippen LogP contribution is 2.48. The normalized spacial score (nSPS) is 32.0. The lowest BCUT2D eigenvalue weighted by Crippen LogP contribution is -2.54. The van der Waals surface area contributed by atoms with Crippen LogP contribution in [0.25, 0.3) is 0 Å². The van der Waals surface area contributed by atoms with E-state index in [0.29, 0.717) is 5.92 Å². The Labute approximate surface area is 150 Å². The molecule has 2 aliphatic carbocycles. The van der Waals surface area contributed by atoms with Crippen LogP contribution in [-0.2, 0) is 4.43 Å². The lowest BCUT2D eigenvalue weighted by Gasteiger charge is -2.45. The molecule has 0 heterocycles. The molecule has 0 radical (unpaired) electrons. The van der Waals surface area contributed by atoms with Gasteiger partial charge in [0.1, 0.15) is 0 Å². The summed E-state index contributed by atoms with van der Waals surface area (Å²) in [5.74, 6) is 0.703. The zero-order valence-corrected chi connectivity index (χ0v) is 18.3. The number of allylic oxidation sites excluding steroid dienone is 2. The predicted octanol–water partition coefficient (Wildman–Crippen LogP) is 5.84. The first kappa shape index (κ1) is 19.9. The summed E-state index contributed by atoms with van der Waals surface area (Å²) in [6, 6.07) is 0. The van der Waals surface area contributed by atoms with Crippen LogP contribution in [-0.4, -0.2) is 25.1 Å². The fourth-order valence-corrected chi connectivity index (χ4v) is 5.18. The quantitative estimate of drug-likeness (QED) is 0.648. The summed E-state index contributed by atoms with van der Waals surface area (Å²) < 4.78 is 6.79. The van der Waals surface area contributed by atoms with Crippen molar-refractivity contribution >= 4 is 8.32 Å². The van der Waals surface area contributed by atoms with Crippen LogP contribution in [0, 0.1) is 11.8 Å². The van der Waals surface area contributed by atoms with E-state index in [1.807, 2.05) is 6.92 Å². The third kappa shape index (κ3) is 3.59. The van der Waals surface area contributed by atoms with Crippen molar-refractivity contribution in [1.29, 1.82) is 0 Å². The van der Waals surface area contributed by atoms with Crippen LogP contribution in [0.4, 0.5) is 0 Å². The lowest BCUT2D eigenvalue weighted by atomic mass is 9.80. The minimum atomic E-state index is -1.93. The summed E-state index contributed by atoms with van der Waals surface area (Å²) in [5.41, 5.74) is 3.46. The van der Waals surface area contributed by atoms with Crippen molar-refractivity contribution in [2.24, 2.45) is 11.8 Å². The van der Waals surface area contributed by atoms with Crippen molar-refractivity contribution < 1.29 is 9.53 Å². The van der Waals surface area contributed by atoms with Crippen LogP contribution in [0.5, 0.6) is 0 Å². The molecule has 24 heavy (non-hydrogen) atoms. The molecule has 3 atom stereocenters. The molecule has 0 amide bonds. The van der Waals surface area contributed by atoms with Gasteiger partial charge in [-0.3, -0.25) is 0 Å². The lowest BCUT2D eigenvalue weighted by molar-refractivity contribution is -0.0819. The Morgan fingerprint density at radius 1 is 1.29 bits per heavy atom. The molecular weight excluding hydrogens is 312 g/mol. The Bertz CT molecular complexity index is 547. The van der Waals surface area contributed by atoms with Crippen LogP contribution in [0.15, 0.2) is 22.8 Å². The van der Waals surface area contributed by atoms with Crippen molar-refractivity contribution in [2.75, 3.05) is 0 Å². The van der Waals surface area contributed by atoms with Crippen molar-refractivity contribution in [3.05, 3.63) is 22.8 Å². The molecule has 0 bridgehead atoms. The van der Waals surface area contributed by atoms with Gasteiger partial charge in [-0.1, -0.05) is 51.8 Å². The van der Waals surface area contributed by atoms with E-state index in [1.54, 1.807) is 0 Å². The SMILES string of the molecule is CC1=C2C=C(C(C)C)C[C@@H](O[Si](C)(C)C(C)(C)C)[C@@](C)(O)[C@@H]2CC1. The molecular formula is C21H38O2Si. The van der Waals surface area contributed by atoms with Gasteiger partial charge in [0.2, 0.25) is 0 Å². The molecule has 0 saturated heterocycles. The number of aliphatic hydroxyl groups is 1. The van der Waals surface area contributed by atoms with Crippen molar-refractivity contribution in [3.63, 3.8) is 0 Å². The molecule has 0 aromatic rings. The summed E-state index contributed by atoms with van der Waals surface area (Å²) in [6.07, 6.45) is 5.28. The van der Waals surface area contributed by atoms with E-state index in [-0.39, 0.29) is 17.1 Å². The van der Waals surface area contributed by atoms with Crippen molar-refractivity contribution in [1.82, 2.24) is 0 Å². The summed E-state index contributed by atoms with van der Waals surface area (Å²) in [6.45, 7) is 20.2. The van der Waals surface area contributed by atoms with Crippen molar-refractivity contribution in [2.45, 2.75) is 97.6 Å². The van der Waals surface area contributed by atoms with Gasteiger partial charge in [0.15, 0.2) is 8.32 Å². The van der Waals surface area contributed by atoms with Crippen LogP contribution in [0.3, 0.4) is 0 Å². The maximum atomic E-state index is 11.6. The van der Waals surface area contributed by atoms with Crippen LogP contribution in [0.1, 0.15) is 67.7 Å². The Morgan fingerprint density at radius 3 is 2.38 bits per heavy atom. The molecule has 0 unspecified atom stereocenters. The average molecular weight is 351 g/mol. The molecule has 3 heteroatoms. The first-order valence-electron chi connectivity index (χ1n) is 9.57. The molecule has 0 fully saturated rings. The van der Waals surface area contributed by atoms with Gasteiger partial charge in [-0.15, -0.1) is 0 Å². The maximum Gasteiger partial charge on any atom is 0.192 e. The predicted molar refractivity (Wildman–Crippen MR) is 106 cm³/mol. The third-order valence-electron chi connectivity index (χ3n) is 6.78. The topological polar surface area (TPSA) is 29.5 Å². The first-order chi connectivity index (χ1) is 10.8. The molecule has 138 valence electrons. The summed E-state index contributed by atoms with van der Waals surface area (Å²) >= 11 is 0. The second-order valence-electron chi connectivity index (χ2n) is 10.00. The van der Waals surface area contributed by atoms with E-state index in [1.165, 1.54) is 16.7 Å². The maximum absolute atomic E-state index is 11.6. The molecule has 0 aliphatic heterocycles. The van der Waals surface area contributed by atoms with Crippen molar-refractivity contribution in [3.8, 4) is 0 Å². The summed E-state index contributed by atoms with van der Waals surface area (Å²) in [4.78, 5) is 0. The number of hydrogen-bond donors (Lipinski definition) is 1. The highest BCUT2D eigenvalue weighted by molar-refractivity contribution is 6.74. The van der Waals surface area contributed by atoms with Gasteiger partial charge in [-0.25, -0.2) is 0 Å². The Morgan fingerprint density at radius 2 is 1.88 bits per heavy atom. The van der Waals surface area contributed by atoms with Crippen LogP contribution < -0.4 is 0 Å². The molecule has 0 spiro atoms. The molecule has 0 saturated carbocycles. The van der Waals surface area contributed by atoms with E-state index < -0.39 is 13.9 Å². The number of hydrogen-bond acceptors (Lipinski definition) is 2. The zero-order chi connectivity index (χ0) is 18.5. The average Bonchev–Trinajstić information content (AvgIpc) is 2.72. The summed E-state index contributed by atoms with van der Waals surface area (Å²) in [5, 5.41) is 11.7. The van der Waals surface area contributed by atoms with Gasteiger partial charge >= 0.3 is 0 Å². The van der Waals surface area contributed by atoms with Crippen LogP contribution in [0.2, 0.25) is 18.1 Å². The number of fused-ring (bicyclic) bond motifs is 1. The van der Waals surface area contributed by atoms with E-state index in [2.05, 4.69) is 60.7 Å². The van der Waals surface area contributed by atoms with Gasteiger partial charge in [-0.2, -0.15) is 0 Å². The Hall–Kier alpha value is -0.383. The molecule has 0 aromatic heterocycles. The van der Waals surface area contributed by atoms with E-state index in [9.17, 15) is 5.11 Å². The largest absolute Gasteiger partial charge is 0.411 e. The third-order valence-corrected chi connectivity index (χ3v) is 11.3.